The average Bonchev–Trinajstić information content (AvgIpc) is 2.39. The molecule has 1 aliphatic rings. The van der Waals surface area contributed by atoms with Crippen molar-refractivity contribution in [1.82, 2.24) is 5.32 Å². The number of nitrogens with one attached hydrogen (secondary N) is 1. The second kappa shape index (κ2) is 7.87. The molecule has 112 valence electrons. The van der Waals surface area contributed by atoms with Crippen LogP contribution >= 0.6 is 11.6 Å². The summed E-state index contributed by atoms with van der Waals surface area (Å²) in [4.78, 5) is 2.32. The van der Waals surface area contributed by atoms with E-state index >= 15 is 0 Å². The molecule has 0 spiro atoms. The van der Waals surface area contributed by atoms with E-state index in [0.717, 1.165) is 37.2 Å². The first-order valence-corrected chi connectivity index (χ1v) is 7.78. The maximum Gasteiger partial charge on any atom is 0.0642 e. The highest BCUT2D eigenvalue weighted by Gasteiger charge is 2.21. The van der Waals surface area contributed by atoms with Gasteiger partial charge in [0.15, 0.2) is 0 Å². The maximum atomic E-state index is 6.41. The van der Waals surface area contributed by atoms with Crippen LogP contribution in [-0.2, 0) is 11.3 Å². The van der Waals surface area contributed by atoms with Crippen molar-refractivity contribution in [3.8, 4) is 0 Å². The molecule has 1 N–H and O–H groups in total. The van der Waals surface area contributed by atoms with Gasteiger partial charge >= 0.3 is 0 Å². The normalized spacial score (nSPS) is 15.2. The number of ether oxygens (including phenoxy) is 1. The van der Waals surface area contributed by atoms with Crippen LogP contribution in [0, 0.1) is 5.92 Å². The first-order valence-electron chi connectivity index (χ1n) is 7.40. The van der Waals surface area contributed by atoms with Crippen molar-refractivity contribution in [1.29, 1.82) is 0 Å². The Hall–Kier alpha value is -0.770. The van der Waals surface area contributed by atoms with Gasteiger partial charge in [-0.1, -0.05) is 30.2 Å². The highest BCUT2D eigenvalue weighted by molar-refractivity contribution is 6.33. The summed E-state index contributed by atoms with van der Waals surface area (Å²) in [6.07, 6.45) is 4.10. The molecule has 1 saturated carbocycles. The van der Waals surface area contributed by atoms with Gasteiger partial charge in [0.05, 0.1) is 17.3 Å². The van der Waals surface area contributed by atoms with Crippen LogP contribution in [0.3, 0.4) is 0 Å². The summed E-state index contributed by atoms with van der Waals surface area (Å²) >= 11 is 6.41. The molecule has 1 aromatic rings. The fourth-order valence-corrected chi connectivity index (χ4v) is 3.02. The lowest BCUT2D eigenvalue weighted by Crippen LogP contribution is -2.30. The summed E-state index contributed by atoms with van der Waals surface area (Å²) in [5.41, 5.74) is 2.43. The van der Waals surface area contributed by atoms with E-state index in [-0.39, 0.29) is 0 Å². The molecular weight excluding hydrogens is 272 g/mol. The number of methoxy groups -OCH3 is 1. The van der Waals surface area contributed by atoms with Gasteiger partial charge in [-0.25, -0.2) is 0 Å². The highest BCUT2D eigenvalue weighted by Crippen LogP contribution is 2.33. The molecule has 2 rings (SSSR count). The van der Waals surface area contributed by atoms with Crippen LogP contribution in [0.2, 0.25) is 5.02 Å². The molecule has 0 aliphatic heterocycles. The van der Waals surface area contributed by atoms with Crippen molar-refractivity contribution in [2.75, 3.05) is 38.8 Å². The fraction of sp³-hybridized carbons (Fsp3) is 0.625. The Morgan fingerprint density at radius 1 is 1.40 bits per heavy atom. The third kappa shape index (κ3) is 4.11. The average molecular weight is 297 g/mol. The van der Waals surface area contributed by atoms with E-state index in [4.69, 9.17) is 16.3 Å². The zero-order valence-electron chi connectivity index (χ0n) is 12.5. The Morgan fingerprint density at radius 3 is 2.85 bits per heavy atom. The molecule has 0 radical (unpaired) electrons. The molecule has 4 heteroatoms. The van der Waals surface area contributed by atoms with Crippen molar-refractivity contribution in [2.24, 2.45) is 5.92 Å². The largest absolute Gasteiger partial charge is 0.383 e. The van der Waals surface area contributed by atoms with Crippen LogP contribution in [-0.4, -0.2) is 33.9 Å². The molecule has 3 nitrogen and oxygen atoms in total. The number of nitrogens with zero attached hydrogens (tertiary/aromatic N) is 1. The molecular formula is C16H25ClN2O. The van der Waals surface area contributed by atoms with Gasteiger partial charge in [-0.3, -0.25) is 0 Å². The van der Waals surface area contributed by atoms with E-state index in [0.29, 0.717) is 0 Å². The fourth-order valence-electron chi connectivity index (χ4n) is 2.68. The molecule has 0 saturated heterocycles. The highest BCUT2D eigenvalue weighted by atomic mass is 35.5. The van der Waals surface area contributed by atoms with Gasteiger partial charge in [-0.2, -0.15) is 0 Å². The van der Waals surface area contributed by atoms with Crippen molar-refractivity contribution >= 4 is 17.3 Å². The molecule has 0 aromatic heterocycles. The quantitative estimate of drug-likeness (QED) is 0.745. The van der Waals surface area contributed by atoms with Crippen LogP contribution in [0.1, 0.15) is 24.8 Å². The standard InChI is InChI=1S/C16H25ClN2O/c1-19(12-13-5-3-6-13)16-14(7-4-8-15(16)17)11-18-9-10-20-2/h4,7-8,13,18H,3,5-6,9-12H2,1-2H3. The van der Waals surface area contributed by atoms with Gasteiger partial charge in [-0.15, -0.1) is 0 Å². The first-order chi connectivity index (χ1) is 9.72. The zero-order chi connectivity index (χ0) is 14.4. The van der Waals surface area contributed by atoms with E-state index < -0.39 is 0 Å². The second-order valence-corrected chi connectivity index (χ2v) is 6.00. The summed E-state index contributed by atoms with van der Waals surface area (Å²) in [6.45, 7) is 3.52. The summed E-state index contributed by atoms with van der Waals surface area (Å²) in [5, 5.41) is 4.24. The lowest BCUT2D eigenvalue weighted by Gasteiger charge is -2.32. The number of hydrogen-bond donors (Lipinski definition) is 1. The van der Waals surface area contributed by atoms with Crippen LogP contribution in [0.4, 0.5) is 5.69 Å². The van der Waals surface area contributed by atoms with Gasteiger partial charge in [0.1, 0.15) is 0 Å². The van der Waals surface area contributed by atoms with E-state index in [1.807, 2.05) is 12.1 Å². The molecule has 1 aromatic carbocycles. The van der Waals surface area contributed by atoms with E-state index in [1.165, 1.54) is 30.5 Å². The SMILES string of the molecule is COCCNCc1cccc(Cl)c1N(C)CC1CCC1. The molecule has 0 bridgehead atoms. The Kier molecular flexibility index (Phi) is 6.14. The van der Waals surface area contributed by atoms with Crippen LogP contribution in [0.5, 0.6) is 0 Å². The number of benzene rings is 1. The monoisotopic (exact) mass is 296 g/mol. The van der Waals surface area contributed by atoms with Crippen molar-refractivity contribution in [2.45, 2.75) is 25.8 Å². The number of hydrogen-bond acceptors (Lipinski definition) is 3. The third-order valence-electron chi connectivity index (χ3n) is 4.01. The first kappa shape index (κ1) is 15.6. The summed E-state index contributed by atoms with van der Waals surface area (Å²) in [6, 6.07) is 6.15. The Labute approximate surface area is 127 Å². The number of anilines is 1. The van der Waals surface area contributed by atoms with Gasteiger partial charge < -0.3 is 15.0 Å². The molecule has 1 aliphatic carbocycles. The lowest BCUT2D eigenvalue weighted by molar-refractivity contribution is 0.199. The molecule has 0 unspecified atom stereocenters. The summed E-state index contributed by atoms with van der Waals surface area (Å²) < 4.78 is 5.06. The Bertz CT molecular complexity index is 421. The molecule has 0 atom stereocenters. The van der Waals surface area contributed by atoms with Crippen molar-refractivity contribution < 1.29 is 4.74 Å². The minimum absolute atomic E-state index is 0.730. The lowest BCUT2D eigenvalue weighted by atomic mass is 9.85. The minimum atomic E-state index is 0.730. The maximum absolute atomic E-state index is 6.41. The molecule has 0 heterocycles. The molecule has 1 fully saturated rings. The smallest absolute Gasteiger partial charge is 0.0642 e. The Balaban J connectivity index is 2.00. The van der Waals surface area contributed by atoms with E-state index in [1.54, 1.807) is 7.11 Å². The molecule has 20 heavy (non-hydrogen) atoms. The van der Waals surface area contributed by atoms with Crippen molar-refractivity contribution in [3.63, 3.8) is 0 Å². The topological polar surface area (TPSA) is 24.5 Å². The predicted molar refractivity (Wildman–Crippen MR) is 85.6 cm³/mol. The number of rotatable bonds is 8. The number of halogens is 1. The third-order valence-corrected chi connectivity index (χ3v) is 4.31. The van der Waals surface area contributed by atoms with Crippen LogP contribution in [0.15, 0.2) is 18.2 Å². The van der Waals surface area contributed by atoms with Gasteiger partial charge in [-0.05, 0) is 30.4 Å². The summed E-state index contributed by atoms with van der Waals surface area (Å²) in [5.74, 6) is 0.838. The van der Waals surface area contributed by atoms with E-state index in [2.05, 4.69) is 23.3 Å². The van der Waals surface area contributed by atoms with Crippen molar-refractivity contribution in [3.05, 3.63) is 28.8 Å². The van der Waals surface area contributed by atoms with E-state index in [9.17, 15) is 0 Å². The zero-order valence-corrected chi connectivity index (χ0v) is 13.2. The predicted octanol–water partition coefficient (Wildman–Crippen LogP) is 3.31. The Morgan fingerprint density at radius 2 is 2.20 bits per heavy atom. The van der Waals surface area contributed by atoms with Gasteiger partial charge in [0, 0.05) is 33.8 Å². The van der Waals surface area contributed by atoms with Crippen LogP contribution < -0.4 is 10.2 Å². The molecule has 0 amide bonds. The number of para-hydroxylation sites is 1. The second-order valence-electron chi connectivity index (χ2n) is 5.59. The summed E-state index contributed by atoms with van der Waals surface area (Å²) in [7, 11) is 3.87. The minimum Gasteiger partial charge on any atom is -0.383 e. The van der Waals surface area contributed by atoms with Gasteiger partial charge in [0.2, 0.25) is 0 Å². The van der Waals surface area contributed by atoms with Crippen LogP contribution in [0.25, 0.3) is 0 Å². The van der Waals surface area contributed by atoms with Gasteiger partial charge in [0.25, 0.3) is 0 Å².